The fourth-order valence-corrected chi connectivity index (χ4v) is 4.28. The van der Waals surface area contributed by atoms with Gasteiger partial charge in [-0.1, -0.05) is 13.0 Å². The lowest BCUT2D eigenvalue weighted by molar-refractivity contribution is 0.309. The number of ether oxygens (including phenoxy) is 1. The second kappa shape index (κ2) is 8.66. The van der Waals surface area contributed by atoms with E-state index >= 15 is 0 Å². The lowest BCUT2D eigenvalue weighted by atomic mass is 10.0. The van der Waals surface area contributed by atoms with Crippen molar-refractivity contribution in [2.24, 2.45) is 0 Å². The van der Waals surface area contributed by atoms with Crippen molar-refractivity contribution in [2.75, 3.05) is 13.2 Å². The number of aromatic nitrogens is 2. The third-order valence-electron chi connectivity index (χ3n) is 5.17. The van der Waals surface area contributed by atoms with Crippen molar-refractivity contribution in [2.45, 2.75) is 32.4 Å². The van der Waals surface area contributed by atoms with Crippen LogP contribution in [-0.4, -0.2) is 32.7 Å². The van der Waals surface area contributed by atoms with Crippen LogP contribution in [0.4, 0.5) is 0 Å². The molecule has 1 aliphatic rings. The van der Waals surface area contributed by atoms with Crippen molar-refractivity contribution in [3.8, 4) is 11.4 Å². The van der Waals surface area contributed by atoms with Gasteiger partial charge in [-0.15, -0.1) is 0 Å². The van der Waals surface area contributed by atoms with Crippen molar-refractivity contribution in [3.63, 3.8) is 0 Å². The van der Waals surface area contributed by atoms with Crippen molar-refractivity contribution in [3.05, 3.63) is 78.4 Å². The molecule has 1 saturated heterocycles. The van der Waals surface area contributed by atoms with Gasteiger partial charge in [0.15, 0.2) is 5.11 Å². The minimum Gasteiger partial charge on any atom is -0.494 e. The zero-order chi connectivity index (χ0) is 20.2. The van der Waals surface area contributed by atoms with Crippen LogP contribution in [0.2, 0.25) is 0 Å². The highest BCUT2D eigenvalue weighted by Gasteiger charge is 2.40. The van der Waals surface area contributed by atoms with Crippen LogP contribution >= 0.6 is 12.2 Å². The zero-order valence-electron chi connectivity index (χ0n) is 16.8. The number of nitrogens with zero attached hydrogens (tertiary/aromatic N) is 3. The first-order valence-electron chi connectivity index (χ1n) is 10.1. The van der Waals surface area contributed by atoms with Crippen molar-refractivity contribution >= 4 is 17.3 Å². The zero-order valence-corrected chi connectivity index (χ0v) is 17.6. The van der Waals surface area contributed by atoms with E-state index in [2.05, 4.69) is 63.2 Å². The Morgan fingerprint density at radius 1 is 1.07 bits per heavy atom. The number of nitrogens with one attached hydrogen (secondary N) is 1. The molecule has 0 saturated carbocycles. The molecule has 0 unspecified atom stereocenters. The first-order chi connectivity index (χ1) is 14.2. The predicted octanol–water partition coefficient (Wildman–Crippen LogP) is 4.65. The number of rotatable bonds is 7. The topological polar surface area (TPSA) is 42.3 Å². The second-order valence-corrected chi connectivity index (χ2v) is 7.44. The molecule has 4 rings (SSSR count). The van der Waals surface area contributed by atoms with Gasteiger partial charge in [0.05, 0.1) is 24.4 Å². The second-order valence-electron chi connectivity index (χ2n) is 7.05. The largest absolute Gasteiger partial charge is 0.494 e. The van der Waals surface area contributed by atoms with Crippen molar-refractivity contribution < 1.29 is 4.74 Å². The van der Waals surface area contributed by atoms with Gasteiger partial charge in [0, 0.05) is 30.3 Å². The van der Waals surface area contributed by atoms with E-state index in [0.717, 1.165) is 35.2 Å². The Hall–Kier alpha value is -2.86. The molecule has 3 aromatic rings. The number of thiocarbonyl (C=S) groups is 1. The Kier molecular flexibility index (Phi) is 5.81. The molecular weight excluding hydrogens is 380 g/mol. The Labute approximate surface area is 177 Å². The monoisotopic (exact) mass is 406 g/mol. The molecule has 1 N–H and O–H groups in total. The standard InChI is InChI=1S/C23H26N4OS/c1-3-15-27-22(21(25-23(27)29)19-8-5-6-14-24-19)20-9-7-16-26(20)17-10-12-18(13-11-17)28-4-2/h5-14,16,21-22H,3-4,15H2,1-2H3,(H,25,29)/t21-,22-/m1/s1. The quantitative estimate of drug-likeness (QED) is 0.579. The fraction of sp³-hybridized carbons (Fsp3) is 0.304. The molecule has 29 heavy (non-hydrogen) atoms. The Balaban J connectivity index is 1.74. The molecule has 0 aliphatic carbocycles. The minimum atomic E-state index is 0.00611. The molecule has 3 heterocycles. The molecule has 2 aromatic heterocycles. The van der Waals surface area contributed by atoms with Crippen LogP contribution in [-0.2, 0) is 0 Å². The van der Waals surface area contributed by atoms with E-state index in [4.69, 9.17) is 17.0 Å². The Bertz CT molecular complexity index is 955. The van der Waals surface area contributed by atoms with E-state index in [1.807, 2.05) is 37.4 Å². The minimum absolute atomic E-state index is 0.00611. The van der Waals surface area contributed by atoms with Gasteiger partial charge in [0.25, 0.3) is 0 Å². The molecular formula is C23H26N4OS. The summed E-state index contributed by atoms with van der Waals surface area (Å²) in [5.74, 6) is 0.882. The summed E-state index contributed by atoms with van der Waals surface area (Å²) in [4.78, 5) is 6.90. The summed E-state index contributed by atoms with van der Waals surface area (Å²) >= 11 is 5.70. The van der Waals surface area contributed by atoms with E-state index < -0.39 is 0 Å². The molecule has 1 aromatic carbocycles. The molecule has 5 nitrogen and oxygen atoms in total. The van der Waals surface area contributed by atoms with Crippen LogP contribution < -0.4 is 10.1 Å². The maximum atomic E-state index is 5.70. The number of pyridine rings is 1. The lowest BCUT2D eigenvalue weighted by Crippen LogP contribution is -2.31. The highest BCUT2D eigenvalue weighted by atomic mass is 32.1. The Morgan fingerprint density at radius 2 is 1.90 bits per heavy atom. The van der Waals surface area contributed by atoms with Gasteiger partial charge in [-0.25, -0.2) is 0 Å². The highest BCUT2D eigenvalue weighted by Crippen LogP contribution is 2.39. The molecule has 1 fully saturated rings. The van der Waals surface area contributed by atoms with E-state index in [9.17, 15) is 0 Å². The highest BCUT2D eigenvalue weighted by molar-refractivity contribution is 7.80. The lowest BCUT2D eigenvalue weighted by Gasteiger charge is -2.28. The Morgan fingerprint density at radius 3 is 2.59 bits per heavy atom. The SMILES string of the molecule is CCCN1C(=S)N[C@H](c2ccccn2)[C@H]1c1cccn1-c1ccc(OCC)cc1. The molecule has 0 spiro atoms. The van der Waals surface area contributed by atoms with Gasteiger partial charge in [0.2, 0.25) is 0 Å². The molecule has 0 bridgehead atoms. The average Bonchev–Trinajstić information content (AvgIpc) is 3.35. The summed E-state index contributed by atoms with van der Waals surface area (Å²) in [6.07, 6.45) is 4.97. The predicted molar refractivity (Wildman–Crippen MR) is 119 cm³/mol. The molecule has 0 radical (unpaired) electrons. The van der Waals surface area contributed by atoms with Crippen LogP contribution in [0, 0.1) is 0 Å². The van der Waals surface area contributed by atoms with Gasteiger partial charge >= 0.3 is 0 Å². The van der Waals surface area contributed by atoms with Crippen LogP contribution in [0.1, 0.15) is 43.7 Å². The first kappa shape index (κ1) is 19.5. The molecule has 150 valence electrons. The van der Waals surface area contributed by atoms with Crippen LogP contribution in [0.25, 0.3) is 5.69 Å². The van der Waals surface area contributed by atoms with Gasteiger partial charge in [-0.05, 0) is 74.1 Å². The van der Waals surface area contributed by atoms with Crippen molar-refractivity contribution in [1.29, 1.82) is 0 Å². The van der Waals surface area contributed by atoms with E-state index in [1.54, 1.807) is 0 Å². The van der Waals surface area contributed by atoms with Crippen LogP contribution in [0.3, 0.4) is 0 Å². The van der Waals surface area contributed by atoms with Gasteiger partial charge < -0.3 is 19.5 Å². The molecule has 6 heteroatoms. The first-order valence-corrected chi connectivity index (χ1v) is 10.5. The summed E-state index contributed by atoms with van der Waals surface area (Å²) in [5, 5.41) is 4.29. The van der Waals surface area contributed by atoms with Crippen molar-refractivity contribution in [1.82, 2.24) is 19.8 Å². The maximum absolute atomic E-state index is 5.70. The van der Waals surface area contributed by atoms with Gasteiger partial charge in [-0.2, -0.15) is 0 Å². The van der Waals surface area contributed by atoms with E-state index in [1.165, 1.54) is 5.69 Å². The summed E-state index contributed by atoms with van der Waals surface area (Å²) in [6, 6.07) is 18.6. The summed E-state index contributed by atoms with van der Waals surface area (Å²) in [5.41, 5.74) is 3.28. The third kappa shape index (κ3) is 3.85. The molecule has 0 amide bonds. The number of hydrogen-bond acceptors (Lipinski definition) is 3. The van der Waals surface area contributed by atoms with Crippen LogP contribution in [0.5, 0.6) is 5.75 Å². The normalized spacial score (nSPS) is 18.7. The van der Waals surface area contributed by atoms with Gasteiger partial charge in [0.1, 0.15) is 5.75 Å². The smallest absolute Gasteiger partial charge is 0.170 e. The average molecular weight is 407 g/mol. The molecule has 1 aliphatic heterocycles. The number of hydrogen-bond donors (Lipinski definition) is 1. The number of benzene rings is 1. The summed E-state index contributed by atoms with van der Waals surface area (Å²) in [7, 11) is 0. The fourth-order valence-electron chi connectivity index (χ4n) is 3.95. The van der Waals surface area contributed by atoms with Crippen LogP contribution in [0.15, 0.2) is 67.0 Å². The third-order valence-corrected chi connectivity index (χ3v) is 5.52. The maximum Gasteiger partial charge on any atom is 0.170 e. The van der Waals surface area contributed by atoms with E-state index in [-0.39, 0.29) is 12.1 Å². The summed E-state index contributed by atoms with van der Waals surface area (Å²) < 4.78 is 7.82. The van der Waals surface area contributed by atoms with E-state index in [0.29, 0.717) is 6.61 Å². The summed E-state index contributed by atoms with van der Waals surface area (Å²) in [6.45, 7) is 5.73. The molecule has 2 atom stereocenters. The van der Waals surface area contributed by atoms with Gasteiger partial charge in [-0.3, -0.25) is 4.98 Å².